The lowest BCUT2D eigenvalue weighted by atomic mass is 10.1. The fourth-order valence-electron chi connectivity index (χ4n) is 1.67. The van der Waals surface area contributed by atoms with E-state index in [4.69, 9.17) is 0 Å². The van der Waals surface area contributed by atoms with Gasteiger partial charge in [0, 0.05) is 25.2 Å². The highest BCUT2D eigenvalue weighted by atomic mass is 16.3. The van der Waals surface area contributed by atoms with Crippen LogP contribution in [-0.4, -0.2) is 23.7 Å². The van der Waals surface area contributed by atoms with Gasteiger partial charge in [-0.15, -0.1) is 0 Å². The van der Waals surface area contributed by atoms with Crippen LogP contribution in [0.2, 0.25) is 0 Å². The molecule has 0 bridgehead atoms. The maximum atomic E-state index is 10.9. The average Bonchev–Trinajstić information content (AvgIpc) is 2.31. The van der Waals surface area contributed by atoms with Crippen LogP contribution in [0.5, 0.6) is 0 Å². The summed E-state index contributed by atoms with van der Waals surface area (Å²) in [6, 6.07) is 7.80. The molecule has 0 aliphatic rings. The zero-order chi connectivity index (χ0) is 13.5. The van der Waals surface area contributed by atoms with E-state index in [1.54, 1.807) is 0 Å². The van der Waals surface area contributed by atoms with Crippen molar-refractivity contribution in [2.45, 2.75) is 33.4 Å². The quantitative estimate of drug-likeness (QED) is 0.721. The van der Waals surface area contributed by atoms with Crippen molar-refractivity contribution in [3.8, 4) is 0 Å². The van der Waals surface area contributed by atoms with Gasteiger partial charge in [0.05, 0.1) is 6.61 Å². The van der Waals surface area contributed by atoms with E-state index >= 15 is 0 Å². The molecule has 0 saturated carbocycles. The molecule has 0 fully saturated rings. The molecule has 3 N–H and O–H groups in total. The summed E-state index contributed by atoms with van der Waals surface area (Å²) < 4.78 is 0. The fraction of sp³-hybridized carbons (Fsp3) is 0.500. The summed E-state index contributed by atoms with van der Waals surface area (Å²) >= 11 is 0. The standard InChI is InChI=1S/C14H22N2O2/c1-10(2)14(9-17)15-8-12-4-6-13(7-5-12)16-11(3)18/h4-7,10,14-15,17H,8-9H2,1-3H3,(H,16,18). The van der Waals surface area contributed by atoms with E-state index in [9.17, 15) is 9.90 Å². The van der Waals surface area contributed by atoms with Crippen LogP contribution in [0.1, 0.15) is 26.3 Å². The van der Waals surface area contributed by atoms with Gasteiger partial charge < -0.3 is 15.7 Å². The Balaban J connectivity index is 2.50. The van der Waals surface area contributed by atoms with Crippen LogP contribution < -0.4 is 10.6 Å². The Kier molecular flexibility index (Phi) is 5.82. The summed E-state index contributed by atoms with van der Waals surface area (Å²) in [6.07, 6.45) is 0. The Morgan fingerprint density at radius 1 is 1.28 bits per heavy atom. The van der Waals surface area contributed by atoms with Gasteiger partial charge in [0.25, 0.3) is 0 Å². The van der Waals surface area contributed by atoms with Gasteiger partial charge in [-0.3, -0.25) is 4.79 Å². The number of carbonyl (C=O) groups excluding carboxylic acids is 1. The Bertz CT molecular complexity index is 374. The van der Waals surface area contributed by atoms with Crippen LogP contribution in [0.4, 0.5) is 5.69 Å². The molecule has 0 aliphatic heterocycles. The van der Waals surface area contributed by atoms with E-state index < -0.39 is 0 Å². The largest absolute Gasteiger partial charge is 0.395 e. The summed E-state index contributed by atoms with van der Waals surface area (Å²) in [7, 11) is 0. The average molecular weight is 250 g/mol. The lowest BCUT2D eigenvalue weighted by molar-refractivity contribution is -0.114. The number of benzene rings is 1. The lowest BCUT2D eigenvalue weighted by Crippen LogP contribution is -2.36. The third-order valence-electron chi connectivity index (χ3n) is 2.84. The Hall–Kier alpha value is -1.39. The predicted octanol–water partition coefficient (Wildman–Crippen LogP) is 1.75. The highest BCUT2D eigenvalue weighted by molar-refractivity contribution is 5.88. The minimum absolute atomic E-state index is 0.0685. The summed E-state index contributed by atoms with van der Waals surface area (Å²) in [4.78, 5) is 10.9. The molecule has 4 nitrogen and oxygen atoms in total. The smallest absolute Gasteiger partial charge is 0.221 e. The maximum absolute atomic E-state index is 10.9. The summed E-state index contributed by atoms with van der Waals surface area (Å²) in [5, 5.41) is 15.2. The van der Waals surface area contributed by atoms with Crippen LogP contribution in [0.25, 0.3) is 0 Å². The zero-order valence-electron chi connectivity index (χ0n) is 11.2. The second-order valence-corrected chi connectivity index (χ2v) is 4.79. The monoisotopic (exact) mass is 250 g/mol. The first-order valence-corrected chi connectivity index (χ1v) is 6.23. The van der Waals surface area contributed by atoms with Gasteiger partial charge in [-0.1, -0.05) is 26.0 Å². The van der Waals surface area contributed by atoms with Gasteiger partial charge in [0.2, 0.25) is 5.91 Å². The number of anilines is 1. The van der Waals surface area contributed by atoms with Crippen LogP contribution in [-0.2, 0) is 11.3 Å². The molecule has 1 aromatic rings. The predicted molar refractivity (Wildman–Crippen MR) is 73.3 cm³/mol. The van der Waals surface area contributed by atoms with E-state index in [0.29, 0.717) is 12.5 Å². The number of carbonyl (C=O) groups is 1. The molecule has 1 rings (SSSR count). The molecule has 0 aliphatic carbocycles. The van der Waals surface area contributed by atoms with Crippen molar-refractivity contribution in [3.05, 3.63) is 29.8 Å². The fourth-order valence-corrected chi connectivity index (χ4v) is 1.67. The number of amides is 1. The highest BCUT2D eigenvalue weighted by Crippen LogP contribution is 2.10. The molecule has 0 aromatic heterocycles. The van der Waals surface area contributed by atoms with Gasteiger partial charge in [0.15, 0.2) is 0 Å². The van der Waals surface area contributed by atoms with Crippen molar-refractivity contribution >= 4 is 11.6 Å². The molecule has 0 spiro atoms. The molecule has 1 amide bonds. The number of aliphatic hydroxyl groups excluding tert-OH is 1. The normalized spacial score (nSPS) is 12.5. The second kappa shape index (κ2) is 7.13. The van der Waals surface area contributed by atoms with Gasteiger partial charge >= 0.3 is 0 Å². The SMILES string of the molecule is CC(=O)Nc1ccc(CNC(CO)C(C)C)cc1. The van der Waals surface area contributed by atoms with Crippen molar-refractivity contribution in [1.29, 1.82) is 0 Å². The molecule has 1 aromatic carbocycles. The minimum atomic E-state index is -0.0685. The minimum Gasteiger partial charge on any atom is -0.395 e. The van der Waals surface area contributed by atoms with E-state index in [0.717, 1.165) is 11.3 Å². The molecule has 100 valence electrons. The number of aliphatic hydroxyl groups is 1. The van der Waals surface area contributed by atoms with Crippen molar-refractivity contribution in [1.82, 2.24) is 5.32 Å². The third kappa shape index (κ3) is 4.85. The van der Waals surface area contributed by atoms with Gasteiger partial charge in [-0.25, -0.2) is 0 Å². The Morgan fingerprint density at radius 3 is 2.33 bits per heavy atom. The maximum Gasteiger partial charge on any atom is 0.221 e. The van der Waals surface area contributed by atoms with Crippen LogP contribution in [0, 0.1) is 5.92 Å². The number of rotatable bonds is 6. The molecule has 1 unspecified atom stereocenters. The van der Waals surface area contributed by atoms with E-state index in [1.807, 2.05) is 24.3 Å². The number of hydrogen-bond acceptors (Lipinski definition) is 3. The van der Waals surface area contributed by atoms with Gasteiger partial charge in [-0.05, 0) is 23.6 Å². The zero-order valence-corrected chi connectivity index (χ0v) is 11.2. The highest BCUT2D eigenvalue weighted by Gasteiger charge is 2.10. The molecule has 0 heterocycles. The first kappa shape index (κ1) is 14.7. The first-order valence-electron chi connectivity index (χ1n) is 6.23. The molecule has 1 atom stereocenters. The van der Waals surface area contributed by atoms with Crippen molar-refractivity contribution in [2.24, 2.45) is 5.92 Å². The van der Waals surface area contributed by atoms with Crippen molar-refractivity contribution in [2.75, 3.05) is 11.9 Å². The van der Waals surface area contributed by atoms with E-state index in [-0.39, 0.29) is 18.6 Å². The summed E-state index contributed by atoms with van der Waals surface area (Å²) in [5.41, 5.74) is 1.93. The molecule has 0 saturated heterocycles. The van der Waals surface area contributed by atoms with Crippen LogP contribution in [0.3, 0.4) is 0 Å². The first-order chi connectivity index (χ1) is 8.52. The molecule has 0 radical (unpaired) electrons. The second-order valence-electron chi connectivity index (χ2n) is 4.79. The number of hydrogen-bond donors (Lipinski definition) is 3. The molecule has 18 heavy (non-hydrogen) atoms. The topological polar surface area (TPSA) is 61.4 Å². The van der Waals surface area contributed by atoms with Crippen LogP contribution >= 0.6 is 0 Å². The van der Waals surface area contributed by atoms with Crippen molar-refractivity contribution in [3.63, 3.8) is 0 Å². The lowest BCUT2D eigenvalue weighted by Gasteiger charge is -2.20. The Morgan fingerprint density at radius 2 is 1.89 bits per heavy atom. The number of nitrogens with one attached hydrogen (secondary N) is 2. The molecular weight excluding hydrogens is 228 g/mol. The summed E-state index contributed by atoms with van der Waals surface area (Å²) in [5.74, 6) is 0.328. The molecule has 4 heteroatoms. The Labute approximate surface area is 108 Å². The van der Waals surface area contributed by atoms with Crippen molar-refractivity contribution < 1.29 is 9.90 Å². The van der Waals surface area contributed by atoms with Crippen LogP contribution in [0.15, 0.2) is 24.3 Å². The van der Waals surface area contributed by atoms with E-state index in [2.05, 4.69) is 24.5 Å². The third-order valence-corrected chi connectivity index (χ3v) is 2.84. The van der Waals surface area contributed by atoms with E-state index in [1.165, 1.54) is 6.92 Å². The summed E-state index contributed by atoms with van der Waals surface area (Å²) in [6.45, 7) is 6.50. The van der Waals surface area contributed by atoms with Gasteiger partial charge in [-0.2, -0.15) is 0 Å². The van der Waals surface area contributed by atoms with Gasteiger partial charge in [0.1, 0.15) is 0 Å². The molecular formula is C14H22N2O2.